The molecule has 260 valence electrons. The van der Waals surface area contributed by atoms with Crippen molar-refractivity contribution in [3.63, 3.8) is 0 Å². The zero-order chi connectivity index (χ0) is 36.4. The maximum Gasteiger partial charge on any atom is 0.0544 e. The van der Waals surface area contributed by atoms with Gasteiger partial charge in [0.15, 0.2) is 0 Å². The van der Waals surface area contributed by atoms with Gasteiger partial charge in [-0.1, -0.05) is 135 Å². The lowest BCUT2D eigenvalue weighted by atomic mass is 9.74. The Balaban J connectivity index is 1.11. The summed E-state index contributed by atoms with van der Waals surface area (Å²) in [5.74, 6) is 0.399. The summed E-state index contributed by atoms with van der Waals surface area (Å²) in [5, 5.41) is 2.54. The van der Waals surface area contributed by atoms with E-state index in [0.29, 0.717) is 5.92 Å². The fourth-order valence-electron chi connectivity index (χ4n) is 9.27. The number of aryl methyl sites for hydroxylation is 1. The van der Waals surface area contributed by atoms with E-state index < -0.39 is 0 Å². The molecule has 0 bridgehead atoms. The van der Waals surface area contributed by atoms with Crippen LogP contribution in [0.1, 0.15) is 37.0 Å². The maximum absolute atomic E-state index is 2.50. The highest BCUT2D eigenvalue weighted by Crippen LogP contribution is 2.55. The molecule has 0 saturated carbocycles. The number of allylic oxidation sites excluding steroid dienone is 4. The lowest BCUT2D eigenvalue weighted by Crippen LogP contribution is -2.28. The van der Waals surface area contributed by atoms with E-state index in [0.717, 1.165) is 6.42 Å². The smallest absolute Gasteiger partial charge is 0.0544 e. The molecular formula is C52H42N2. The van der Waals surface area contributed by atoms with E-state index >= 15 is 0 Å². The first-order chi connectivity index (χ1) is 26.5. The molecule has 0 spiro atoms. The van der Waals surface area contributed by atoms with Crippen LogP contribution in [-0.2, 0) is 5.41 Å². The van der Waals surface area contributed by atoms with Crippen molar-refractivity contribution in [3.05, 3.63) is 204 Å². The molecule has 2 nitrogen and oxygen atoms in total. The Kier molecular flexibility index (Phi) is 7.56. The molecule has 1 atom stereocenters. The van der Waals surface area contributed by atoms with Crippen molar-refractivity contribution in [1.82, 2.24) is 4.57 Å². The van der Waals surface area contributed by atoms with Crippen molar-refractivity contribution >= 4 is 38.8 Å². The number of anilines is 2. The Bertz CT molecular complexity index is 2760. The molecule has 0 aliphatic heterocycles. The average Bonchev–Trinajstić information content (AvgIpc) is 3.66. The topological polar surface area (TPSA) is 8.17 Å². The third-order valence-electron chi connectivity index (χ3n) is 12.0. The molecule has 10 rings (SSSR count). The monoisotopic (exact) mass is 694 g/mol. The Morgan fingerprint density at radius 3 is 2.04 bits per heavy atom. The molecule has 2 aliphatic carbocycles. The van der Waals surface area contributed by atoms with Crippen molar-refractivity contribution in [2.75, 3.05) is 4.90 Å². The van der Waals surface area contributed by atoms with Gasteiger partial charge in [-0.05, 0) is 130 Å². The molecule has 0 saturated heterocycles. The Labute approximate surface area is 318 Å². The van der Waals surface area contributed by atoms with Crippen LogP contribution in [0.5, 0.6) is 0 Å². The highest BCUT2D eigenvalue weighted by molar-refractivity contribution is 6.11. The Hall–Kier alpha value is -6.38. The molecule has 0 N–H and O–H groups in total. The molecule has 0 fully saturated rings. The van der Waals surface area contributed by atoms with Crippen LogP contribution in [0.2, 0.25) is 0 Å². The number of para-hydroxylation sites is 2. The standard InChI is InChI=1S/C52H42N2/c1-35-31-51-47(45-22-11-13-24-50(45)54(51)39-18-8-5-9-19-39)34-46(35)38-17-14-20-41(32-38)53(40-27-25-37(26-28-40)36-15-6-4-7-16-36)42-29-30-44-43-21-10-12-23-48(43)52(2,3)49(44)33-42/h4-32,34,49H,33H2,1-3H3. The van der Waals surface area contributed by atoms with Gasteiger partial charge in [0.1, 0.15) is 0 Å². The third-order valence-corrected chi connectivity index (χ3v) is 12.0. The summed E-state index contributed by atoms with van der Waals surface area (Å²) in [4.78, 5) is 2.50. The molecule has 1 heterocycles. The second kappa shape index (κ2) is 12.6. The van der Waals surface area contributed by atoms with Crippen LogP contribution in [0.4, 0.5) is 11.4 Å². The summed E-state index contributed by atoms with van der Waals surface area (Å²) in [6.07, 6.45) is 5.73. The fraction of sp³-hybridized carbons (Fsp3) is 0.115. The van der Waals surface area contributed by atoms with Crippen molar-refractivity contribution < 1.29 is 0 Å². The molecule has 0 amide bonds. The quantitative estimate of drug-likeness (QED) is 0.168. The largest absolute Gasteiger partial charge is 0.314 e. The van der Waals surface area contributed by atoms with Gasteiger partial charge in [-0.2, -0.15) is 0 Å². The molecule has 2 aliphatic rings. The van der Waals surface area contributed by atoms with Crippen molar-refractivity contribution in [2.24, 2.45) is 5.92 Å². The first kappa shape index (κ1) is 32.3. The van der Waals surface area contributed by atoms with Crippen molar-refractivity contribution in [3.8, 4) is 27.9 Å². The van der Waals surface area contributed by atoms with Gasteiger partial charge in [0.2, 0.25) is 0 Å². The third kappa shape index (κ3) is 5.16. The Morgan fingerprint density at radius 1 is 0.537 bits per heavy atom. The predicted octanol–water partition coefficient (Wildman–Crippen LogP) is 13.8. The molecule has 8 aromatic rings. The van der Waals surface area contributed by atoms with Gasteiger partial charge in [0, 0.05) is 33.5 Å². The van der Waals surface area contributed by atoms with E-state index in [2.05, 4.69) is 212 Å². The lowest BCUT2D eigenvalue weighted by Gasteiger charge is -2.36. The second-order valence-electron chi connectivity index (χ2n) is 15.5. The number of hydrogen-bond acceptors (Lipinski definition) is 1. The summed E-state index contributed by atoms with van der Waals surface area (Å²) >= 11 is 0. The van der Waals surface area contributed by atoms with Gasteiger partial charge in [0.25, 0.3) is 0 Å². The zero-order valence-corrected chi connectivity index (χ0v) is 31.0. The molecule has 54 heavy (non-hydrogen) atoms. The van der Waals surface area contributed by atoms with Gasteiger partial charge in [-0.15, -0.1) is 0 Å². The summed E-state index contributed by atoms with van der Waals surface area (Å²) in [6.45, 7) is 7.10. The van der Waals surface area contributed by atoms with E-state index in [4.69, 9.17) is 0 Å². The highest BCUT2D eigenvalue weighted by atomic mass is 15.1. The lowest BCUT2D eigenvalue weighted by molar-refractivity contribution is 0.406. The van der Waals surface area contributed by atoms with Crippen molar-refractivity contribution in [2.45, 2.75) is 32.6 Å². The van der Waals surface area contributed by atoms with Crippen molar-refractivity contribution in [1.29, 1.82) is 0 Å². The van der Waals surface area contributed by atoms with Gasteiger partial charge in [-0.25, -0.2) is 0 Å². The summed E-state index contributed by atoms with van der Waals surface area (Å²) in [7, 11) is 0. The van der Waals surface area contributed by atoms with Crippen LogP contribution in [0.25, 0.3) is 55.3 Å². The minimum Gasteiger partial charge on any atom is -0.314 e. The van der Waals surface area contributed by atoms with Gasteiger partial charge in [-0.3, -0.25) is 0 Å². The number of fused-ring (bicyclic) bond motifs is 6. The summed E-state index contributed by atoms with van der Waals surface area (Å²) < 4.78 is 2.40. The van der Waals surface area contributed by atoms with E-state index in [9.17, 15) is 0 Å². The molecule has 2 heteroatoms. The first-order valence-corrected chi connectivity index (χ1v) is 19.1. The molecule has 1 unspecified atom stereocenters. The van der Waals surface area contributed by atoms with Crippen LogP contribution in [-0.4, -0.2) is 4.57 Å². The SMILES string of the molecule is Cc1cc2c(cc1-c1cccc(N(C3=CC=C4c5ccccc5C(C)(C)C4C3)c3ccc(-c4ccccc4)cc3)c1)c1ccccc1n2-c1ccccc1. The van der Waals surface area contributed by atoms with E-state index in [-0.39, 0.29) is 5.41 Å². The van der Waals surface area contributed by atoms with Gasteiger partial charge >= 0.3 is 0 Å². The van der Waals surface area contributed by atoms with E-state index in [1.807, 2.05) is 0 Å². The number of nitrogens with zero attached hydrogens (tertiary/aromatic N) is 2. The molecule has 1 aromatic heterocycles. The highest BCUT2D eigenvalue weighted by Gasteiger charge is 2.44. The van der Waals surface area contributed by atoms with Crippen LogP contribution in [0, 0.1) is 12.8 Å². The summed E-state index contributed by atoms with van der Waals surface area (Å²) in [6, 6.07) is 62.3. The molecular weight excluding hydrogens is 653 g/mol. The minimum atomic E-state index is 0.0398. The van der Waals surface area contributed by atoms with E-state index in [1.165, 1.54) is 89.1 Å². The zero-order valence-electron chi connectivity index (χ0n) is 31.0. The minimum absolute atomic E-state index is 0.0398. The predicted molar refractivity (Wildman–Crippen MR) is 229 cm³/mol. The van der Waals surface area contributed by atoms with Crippen LogP contribution in [0.3, 0.4) is 0 Å². The number of benzene rings is 7. The Morgan fingerprint density at radius 2 is 1.22 bits per heavy atom. The second-order valence-corrected chi connectivity index (χ2v) is 15.5. The molecule has 0 radical (unpaired) electrons. The van der Waals surface area contributed by atoms with Crippen LogP contribution in [0.15, 0.2) is 188 Å². The van der Waals surface area contributed by atoms with Crippen LogP contribution >= 0.6 is 0 Å². The fourth-order valence-corrected chi connectivity index (χ4v) is 9.27. The van der Waals surface area contributed by atoms with Crippen LogP contribution < -0.4 is 4.90 Å². The molecule has 7 aromatic carbocycles. The number of hydrogen-bond donors (Lipinski definition) is 0. The normalized spacial score (nSPS) is 15.8. The van der Waals surface area contributed by atoms with E-state index in [1.54, 1.807) is 0 Å². The maximum atomic E-state index is 2.50. The first-order valence-electron chi connectivity index (χ1n) is 19.1. The van der Waals surface area contributed by atoms with Gasteiger partial charge in [0.05, 0.1) is 11.0 Å². The average molecular weight is 695 g/mol. The van der Waals surface area contributed by atoms with Gasteiger partial charge < -0.3 is 9.47 Å². The number of rotatable bonds is 6. The number of aromatic nitrogens is 1. The summed E-state index contributed by atoms with van der Waals surface area (Å²) in [5.41, 5.74) is 17.8.